The maximum absolute atomic E-state index is 9.26. The van der Waals surface area contributed by atoms with Crippen molar-refractivity contribution in [2.45, 2.75) is 116 Å². The lowest BCUT2D eigenvalue weighted by Gasteiger charge is -2.56. The fourth-order valence-corrected chi connectivity index (χ4v) is 7.06. The van der Waals surface area contributed by atoms with Gasteiger partial charge in [-0.1, -0.05) is 58.3 Å². The molecule has 0 radical (unpaired) electrons. The molecule has 0 bridgehead atoms. The highest BCUT2D eigenvalue weighted by molar-refractivity contribution is 5.01. The van der Waals surface area contributed by atoms with Crippen molar-refractivity contribution in [2.24, 2.45) is 29.1 Å². The topological polar surface area (TPSA) is 23.8 Å². The van der Waals surface area contributed by atoms with Gasteiger partial charge in [-0.25, -0.2) is 0 Å². The van der Waals surface area contributed by atoms with Gasteiger partial charge >= 0.3 is 0 Å². The lowest BCUT2D eigenvalue weighted by molar-refractivity contribution is -0.0607. The summed E-state index contributed by atoms with van der Waals surface area (Å²) in [5.41, 5.74) is 0.701. The summed E-state index contributed by atoms with van der Waals surface area (Å²) in [6.07, 6.45) is 24.4. The maximum Gasteiger partial charge on any atom is 0.0655 e. The molecule has 0 aromatic carbocycles. The maximum atomic E-state index is 9.26. The quantitative estimate of drug-likeness (QED) is 0.435. The predicted octanol–water partition coefficient (Wildman–Crippen LogP) is 7.65. The van der Waals surface area contributed by atoms with Crippen LogP contribution in [0, 0.1) is 40.4 Å². The summed E-state index contributed by atoms with van der Waals surface area (Å²) in [6.45, 7) is 2.32. The second kappa shape index (κ2) is 9.43. The van der Waals surface area contributed by atoms with E-state index in [-0.39, 0.29) is 0 Å². The summed E-state index contributed by atoms with van der Waals surface area (Å²) < 4.78 is 0. The van der Waals surface area contributed by atoms with Gasteiger partial charge in [0, 0.05) is 5.92 Å². The number of rotatable bonds is 7. The van der Waals surface area contributed by atoms with E-state index in [2.05, 4.69) is 13.0 Å². The van der Waals surface area contributed by atoms with Crippen LogP contribution in [0.1, 0.15) is 116 Å². The zero-order chi connectivity index (χ0) is 17.5. The van der Waals surface area contributed by atoms with Gasteiger partial charge in [0.1, 0.15) is 0 Å². The number of hydrogen-bond acceptors (Lipinski definition) is 1. The Morgan fingerprint density at radius 3 is 2.36 bits per heavy atom. The Labute approximate surface area is 157 Å². The molecule has 142 valence electrons. The lowest BCUT2D eigenvalue weighted by atomic mass is 9.49. The summed E-state index contributed by atoms with van der Waals surface area (Å²) in [5, 5.41) is 9.26. The summed E-state index contributed by atoms with van der Waals surface area (Å²) >= 11 is 0. The van der Waals surface area contributed by atoms with Gasteiger partial charge in [0.2, 0.25) is 0 Å². The second-order valence-electron chi connectivity index (χ2n) is 9.62. The molecule has 3 aliphatic rings. The van der Waals surface area contributed by atoms with Gasteiger partial charge in [-0.3, -0.25) is 0 Å². The van der Waals surface area contributed by atoms with Crippen LogP contribution in [-0.4, -0.2) is 0 Å². The fraction of sp³-hybridized carbons (Fsp3) is 0.958. The molecule has 1 unspecified atom stereocenters. The molecule has 0 N–H and O–H groups in total. The molecule has 1 nitrogen and oxygen atoms in total. The monoisotopic (exact) mass is 343 g/mol. The van der Waals surface area contributed by atoms with E-state index in [0.717, 1.165) is 17.8 Å². The van der Waals surface area contributed by atoms with Crippen molar-refractivity contribution in [3.05, 3.63) is 0 Å². The number of hydrogen-bond donors (Lipinski definition) is 0. The SMILES string of the molecule is CCCCCCC[C@@]12CCCC[C@H]1CCCC2C1CCC(C#N)CC1. The Balaban J connectivity index is 1.67. The van der Waals surface area contributed by atoms with Crippen LogP contribution in [0.15, 0.2) is 0 Å². The van der Waals surface area contributed by atoms with Gasteiger partial charge in [-0.15, -0.1) is 0 Å². The van der Waals surface area contributed by atoms with Crippen LogP contribution >= 0.6 is 0 Å². The van der Waals surface area contributed by atoms with Gasteiger partial charge < -0.3 is 0 Å². The molecule has 25 heavy (non-hydrogen) atoms. The molecule has 3 saturated carbocycles. The number of nitrogens with zero attached hydrogens (tertiary/aromatic N) is 1. The second-order valence-corrected chi connectivity index (χ2v) is 9.62. The van der Waals surface area contributed by atoms with Crippen LogP contribution in [0.4, 0.5) is 0 Å². The van der Waals surface area contributed by atoms with Gasteiger partial charge in [-0.05, 0) is 81.0 Å². The average Bonchev–Trinajstić information content (AvgIpc) is 2.67. The van der Waals surface area contributed by atoms with E-state index < -0.39 is 0 Å². The predicted molar refractivity (Wildman–Crippen MR) is 106 cm³/mol. The van der Waals surface area contributed by atoms with Crippen molar-refractivity contribution < 1.29 is 0 Å². The van der Waals surface area contributed by atoms with Gasteiger partial charge in [0.25, 0.3) is 0 Å². The molecular formula is C24H41N. The van der Waals surface area contributed by atoms with E-state index >= 15 is 0 Å². The zero-order valence-electron chi connectivity index (χ0n) is 16.8. The lowest BCUT2D eigenvalue weighted by Crippen LogP contribution is -2.47. The largest absolute Gasteiger partial charge is 0.198 e. The Bertz CT molecular complexity index is 426. The molecule has 3 atom stereocenters. The molecule has 0 aromatic rings. The third-order valence-electron chi connectivity index (χ3n) is 8.33. The van der Waals surface area contributed by atoms with E-state index in [4.69, 9.17) is 0 Å². The Kier molecular flexibility index (Phi) is 7.27. The normalized spacial score (nSPS) is 38.7. The van der Waals surface area contributed by atoms with Crippen LogP contribution in [0.3, 0.4) is 0 Å². The van der Waals surface area contributed by atoms with Gasteiger partial charge in [-0.2, -0.15) is 5.26 Å². The van der Waals surface area contributed by atoms with E-state index in [1.54, 1.807) is 0 Å². The summed E-state index contributed by atoms with van der Waals surface area (Å²) in [7, 11) is 0. The minimum Gasteiger partial charge on any atom is -0.198 e. The highest BCUT2D eigenvalue weighted by atomic mass is 14.5. The number of unbranched alkanes of at least 4 members (excludes halogenated alkanes) is 4. The first-order valence-electron chi connectivity index (χ1n) is 11.7. The highest BCUT2D eigenvalue weighted by Crippen LogP contribution is 2.60. The molecule has 3 rings (SSSR count). The van der Waals surface area contributed by atoms with Crippen molar-refractivity contribution in [1.82, 2.24) is 0 Å². The molecule has 1 heteroatoms. The first kappa shape index (κ1) is 19.3. The van der Waals surface area contributed by atoms with Crippen LogP contribution < -0.4 is 0 Å². The van der Waals surface area contributed by atoms with E-state index in [9.17, 15) is 5.26 Å². The molecule has 0 saturated heterocycles. The van der Waals surface area contributed by atoms with Crippen LogP contribution in [0.25, 0.3) is 0 Å². The number of fused-ring (bicyclic) bond motifs is 1. The minimum atomic E-state index is 0.368. The van der Waals surface area contributed by atoms with Gasteiger partial charge in [0.15, 0.2) is 0 Å². The zero-order valence-corrected chi connectivity index (χ0v) is 16.8. The fourth-order valence-electron chi connectivity index (χ4n) is 7.06. The molecular weight excluding hydrogens is 302 g/mol. The smallest absolute Gasteiger partial charge is 0.0655 e. The van der Waals surface area contributed by atoms with Gasteiger partial charge in [0.05, 0.1) is 6.07 Å². The number of nitriles is 1. The third kappa shape index (κ3) is 4.43. The van der Waals surface area contributed by atoms with E-state index in [1.165, 1.54) is 109 Å². The minimum absolute atomic E-state index is 0.368. The summed E-state index contributed by atoms with van der Waals surface area (Å²) in [5.74, 6) is 3.35. The van der Waals surface area contributed by atoms with E-state index in [0.29, 0.717) is 11.3 Å². The third-order valence-corrected chi connectivity index (χ3v) is 8.33. The molecule has 3 aliphatic carbocycles. The van der Waals surface area contributed by atoms with Crippen LogP contribution in [0.2, 0.25) is 0 Å². The van der Waals surface area contributed by atoms with Crippen LogP contribution in [-0.2, 0) is 0 Å². The van der Waals surface area contributed by atoms with Crippen molar-refractivity contribution in [3.8, 4) is 6.07 Å². The molecule has 0 aromatic heterocycles. The van der Waals surface area contributed by atoms with Crippen molar-refractivity contribution in [1.29, 1.82) is 5.26 Å². The Morgan fingerprint density at radius 1 is 0.840 bits per heavy atom. The molecule has 0 amide bonds. The average molecular weight is 344 g/mol. The molecule has 0 heterocycles. The van der Waals surface area contributed by atoms with Crippen molar-refractivity contribution in [2.75, 3.05) is 0 Å². The molecule has 0 spiro atoms. The molecule has 3 fully saturated rings. The van der Waals surface area contributed by atoms with Crippen molar-refractivity contribution >= 4 is 0 Å². The Morgan fingerprint density at radius 2 is 1.60 bits per heavy atom. The van der Waals surface area contributed by atoms with Crippen LogP contribution in [0.5, 0.6) is 0 Å². The Hall–Kier alpha value is -0.510. The first-order chi connectivity index (χ1) is 12.3. The summed E-state index contributed by atoms with van der Waals surface area (Å²) in [6, 6.07) is 2.55. The standard InChI is InChI=1S/C24H41N/c1-2-3-4-5-7-17-24-18-8-6-10-22(24)11-9-12-23(24)21-15-13-20(19-25)14-16-21/h20-23H,2-18H2,1H3/t20?,21?,22-,23?,24+/m0/s1. The highest BCUT2D eigenvalue weighted by Gasteiger charge is 2.50. The summed E-state index contributed by atoms with van der Waals surface area (Å²) in [4.78, 5) is 0. The van der Waals surface area contributed by atoms with E-state index in [1.807, 2.05) is 0 Å². The molecule has 0 aliphatic heterocycles. The van der Waals surface area contributed by atoms with Crippen molar-refractivity contribution in [3.63, 3.8) is 0 Å². The first-order valence-corrected chi connectivity index (χ1v) is 11.7.